The molecule has 0 unspecified atom stereocenters. The molecule has 0 amide bonds. The van der Waals surface area contributed by atoms with Crippen LogP contribution >= 0.6 is 51.7 Å². The van der Waals surface area contributed by atoms with E-state index in [0.717, 1.165) is 37.6 Å². The van der Waals surface area contributed by atoms with Crippen molar-refractivity contribution < 1.29 is 0 Å². The Morgan fingerprint density at radius 3 is 3.00 bits per heavy atom. The second-order valence-electron chi connectivity index (χ2n) is 4.70. The summed E-state index contributed by atoms with van der Waals surface area (Å²) in [5, 5.41) is 4.81. The fourth-order valence-electron chi connectivity index (χ4n) is 2.53. The molecular weight excluding hydrogens is 379 g/mol. The van der Waals surface area contributed by atoms with Gasteiger partial charge in [0, 0.05) is 45.8 Å². The number of nitrogens with one attached hydrogen (secondary N) is 2. The van der Waals surface area contributed by atoms with E-state index in [2.05, 4.69) is 38.4 Å². The number of hydrogen-bond acceptors (Lipinski definition) is 2. The van der Waals surface area contributed by atoms with E-state index >= 15 is 0 Å². The van der Waals surface area contributed by atoms with Gasteiger partial charge >= 0.3 is 0 Å². The van der Waals surface area contributed by atoms with Crippen LogP contribution in [0.2, 0.25) is 0 Å². The molecule has 0 bridgehead atoms. The van der Waals surface area contributed by atoms with Gasteiger partial charge in [-0.3, -0.25) is 0 Å². The minimum Gasteiger partial charge on any atom is -0.357 e. The highest BCUT2D eigenvalue weighted by Crippen LogP contribution is 2.37. The highest BCUT2D eigenvalue weighted by molar-refractivity contribution is 9.10. The summed E-state index contributed by atoms with van der Waals surface area (Å²) in [5.74, 6) is 1.79. The second-order valence-corrected chi connectivity index (χ2v) is 7.04. The van der Waals surface area contributed by atoms with Gasteiger partial charge in [0.05, 0.1) is 5.52 Å². The van der Waals surface area contributed by atoms with Crippen LogP contribution in [0.1, 0.15) is 17.7 Å². The van der Waals surface area contributed by atoms with Crippen molar-refractivity contribution in [1.29, 1.82) is 0 Å². The molecule has 0 radical (unpaired) electrons. The van der Waals surface area contributed by atoms with Crippen LogP contribution in [0.3, 0.4) is 0 Å². The molecule has 2 heterocycles. The molecule has 2 aromatic rings. The van der Waals surface area contributed by atoms with Gasteiger partial charge in [-0.2, -0.15) is 0 Å². The lowest BCUT2D eigenvalue weighted by atomic mass is 10.1. The van der Waals surface area contributed by atoms with Crippen molar-refractivity contribution in [2.45, 2.75) is 24.3 Å². The molecule has 110 valence electrons. The monoisotopic (exact) mass is 394 g/mol. The molecule has 0 atom stereocenters. The van der Waals surface area contributed by atoms with Crippen LogP contribution in [0.5, 0.6) is 0 Å². The molecule has 6 heteroatoms. The maximum Gasteiger partial charge on any atom is 0.0609 e. The van der Waals surface area contributed by atoms with Crippen molar-refractivity contribution in [2.75, 3.05) is 18.2 Å². The van der Waals surface area contributed by atoms with E-state index in [0.29, 0.717) is 0 Å². The normalized spacial score (nSPS) is 14.1. The lowest BCUT2D eigenvalue weighted by Crippen LogP contribution is -2.22. The number of alkyl halides is 1. The van der Waals surface area contributed by atoms with Crippen LogP contribution < -0.4 is 5.32 Å². The van der Waals surface area contributed by atoms with E-state index in [-0.39, 0.29) is 12.4 Å². The topological polar surface area (TPSA) is 27.8 Å². The molecule has 1 aliphatic heterocycles. The Morgan fingerprint density at radius 2 is 2.20 bits per heavy atom. The van der Waals surface area contributed by atoms with E-state index in [1.165, 1.54) is 31.5 Å². The van der Waals surface area contributed by atoms with Gasteiger partial charge < -0.3 is 10.3 Å². The van der Waals surface area contributed by atoms with Crippen molar-refractivity contribution in [3.05, 3.63) is 27.9 Å². The molecule has 1 aromatic carbocycles. The summed E-state index contributed by atoms with van der Waals surface area (Å²) in [6.07, 6.45) is 2.13. The van der Waals surface area contributed by atoms with Crippen LogP contribution in [0.15, 0.2) is 21.5 Å². The first-order valence-corrected chi connectivity index (χ1v) is 8.84. The predicted octanol–water partition coefficient (Wildman–Crippen LogP) is 4.72. The van der Waals surface area contributed by atoms with Gasteiger partial charge in [0.1, 0.15) is 0 Å². The zero-order chi connectivity index (χ0) is 13.2. The lowest BCUT2D eigenvalue weighted by Gasteiger charge is -2.12. The third kappa shape index (κ3) is 3.14. The van der Waals surface area contributed by atoms with Gasteiger partial charge in [0.15, 0.2) is 0 Å². The molecule has 3 rings (SSSR count). The molecule has 2 nitrogen and oxygen atoms in total. The minimum absolute atomic E-state index is 0. The van der Waals surface area contributed by atoms with Crippen molar-refractivity contribution in [2.24, 2.45) is 0 Å². The van der Waals surface area contributed by atoms with Gasteiger partial charge in [0.2, 0.25) is 0 Å². The summed E-state index contributed by atoms with van der Waals surface area (Å²) in [4.78, 5) is 4.95. The van der Waals surface area contributed by atoms with Crippen LogP contribution in [0.4, 0.5) is 0 Å². The Balaban J connectivity index is 0.00000147. The summed E-state index contributed by atoms with van der Waals surface area (Å²) >= 11 is 11.3. The Hall–Kier alpha value is 0.130. The van der Waals surface area contributed by atoms with Crippen LogP contribution in [-0.2, 0) is 13.0 Å². The predicted molar refractivity (Wildman–Crippen MR) is 94.7 cm³/mol. The number of benzene rings is 1. The van der Waals surface area contributed by atoms with Gasteiger partial charge in [0.25, 0.3) is 0 Å². The minimum atomic E-state index is 0. The number of aromatic nitrogens is 1. The SMILES string of the molecule is Cl.ClCCCSc1c(Br)ccc2c3c([nH]c12)CCNC3. The van der Waals surface area contributed by atoms with E-state index in [9.17, 15) is 0 Å². The van der Waals surface area contributed by atoms with Crippen molar-refractivity contribution in [3.63, 3.8) is 0 Å². The van der Waals surface area contributed by atoms with Gasteiger partial charge in [-0.15, -0.1) is 35.8 Å². The van der Waals surface area contributed by atoms with E-state index in [4.69, 9.17) is 11.6 Å². The average molecular weight is 396 g/mol. The van der Waals surface area contributed by atoms with Crippen molar-refractivity contribution in [3.8, 4) is 0 Å². The zero-order valence-electron chi connectivity index (χ0n) is 11.0. The first-order valence-electron chi connectivity index (χ1n) is 6.52. The molecule has 2 N–H and O–H groups in total. The smallest absolute Gasteiger partial charge is 0.0609 e. The molecule has 0 aliphatic carbocycles. The first kappa shape index (κ1) is 16.5. The summed E-state index contributed by atoms with van der Waals surface area (Å²) in [7, 11) is 0. The summed E-state index contributed by atoms with van der Waals surface area (Å²) in [6, 6.07) is 4.38. The van der Waals surface area contributed by atoms with Crippen molar-refractivity contribution in [1.82, 2.24) is 10.3 Å². The highest BCUT2D eigenvalue weighted by atomic mass is 79.9. The number of fused-ring (bicyclic) bond motifs is 3. The zero-order valence-corrected chi connectivity index (χ0v) is 14.9. The van der Waals surface area contributed by atoms with Crippen LogP contribution in [-0.4, -0.2) is 23.2 Å². The molecule has 1 aromatic heterocycles. The van der Waals surface area contributed by atoms with E-state index < -0.39 is 0 Å². The maximum absolute atomic E-state index is 5.77. The Kier molecular flexibility index (Phi) is 6.11. The standard InChI is InChI=1S/C14H16BrClN2S.ClH/c15-11-3-2-9-10-8-17-6-4-12(10)18-13(9)14(11)19-7-1-5-16;/h2-3,17-18H,1,4-8H2;1H. The van der Waals surface area contributed by atoms with E-state index in [1.54, 1.807) is 0 Å². The molecule has 1 aliphatic rings. The number of aromatic amines is 1. The van der Waals surface area contributed by atoms with E-state index in [1.807, 2.05) is 11.8 Å². The molecule has 0 saturated heterocycles. The Morgan fingerprint density at radius 1 is 1.35 bits per heavy atom. The molecule has 0 spiro atoms. The second kappa shape index (κ2) is 7.41. The first-order chi connectivity index (χ1) is 9.31. The third-order valence-corrected chi connectivity index (χ3v) is 5.85. The maximum atomic E-state index is 5.77. The number of H-pyrrole nitrogens is 1. The highest BCUT2D eigenvalue weighted by Gasteiger charge is 2.18. The Bertz CT molecular complexity index is 600. The van der Waals surface area contributed by atoms with Gasteiger partial charge in [-0.05, 0) is 39.7 Å². The van der Waals surface area contributed by atoms with Crippen LogP contribution in [0.25, 0.3) is 10.9 Å². The number of thioether (sulfide) groups is 1. The molecule has 20 heavy (non-hydrogen) atoms. The molecular formula is C14H17BrCl2N2S. The largest absolute Gasteiger partial charge is 0.357 e. The third-order valence-electron chi connectivity index (χ3n) is 3.45. The number of halogens is 3. The van der Waals surface area contributed by atoms with Gasteiger partial charge in [-0.25, -0.2) is 0 Å². The average Bonchev–Trinajstić information content (AvgIpc) is 2.80. The quantitative estimate of drug-likeness (QED) is 0.445. The van der Waals surface area contributed by atoms with Crippen molar-refractivity contribution >= 4 is 62.6 Å². The lowest BCUT2D eigenvalue weighted by molar-refractivity contribution is 0.641. The summed E-state index contributed by atoms with van der Waals surface area (Å²) in [6.45, 7) is 2.04. The molecule has 0 fully saturated rings. The fourth-order valence-corrected chi connectivity index (χ4v) is 4.50. The Labute approximate surface area is 143 Å². The van der Waals surface area contributed by atoms with Crippen LogP contribution in [0, 0.1) is 0 Å². The fraction of sp³-hybridized carbons (Fsp3) is 0.429. The molecule has 0 saturated carbocycles. The number of hydrogen-bond donors (Lipinski definition) is 2. The van der Waals surface area contributed by atoms with Gasteiger partial charge in [-0.1, -0.05) is 6.07 Å². The number of rotatable bonds is 4. The summed E-state index contributed by atoms with van der Waals surface area (Å²) < 4.78 is 1.17. The summed E-state index contributed by atoms with van der Waals surface area (Å²) in [5.41, 5.74) is 4.11.